The van der Waals surface area contributed by atoms with E-state index in [2.05, 4.69) is 20.1 Å². The van der Waals surface area contributed by atoms with Gasteiger partial charge in [-0.1, -0.05) is 0 Å². The molecule has 0 radical (unpaired) electrons. The lowest BCUT2D eigenvalue weighted by atomic mass is 10.2. The molecular formula is C21H19ClF3N5O2S. The van der Waals surface area contributed by atoms with E-state index < -0.39 is 21.8 Å². The van der Waals surface area contributed by atoms with Crippen LogP contribution in [-0.4, -0.2) is 23.0 Å². The first-order chi connectivity index (χ1) is 15.0. The van der Waals surface area contributed by atoms with Crippen molar-refractivity contribution >= 4 is 45.3 Å². The Kier molecular flexibility index (Phi) is 6.57. The van der Waals surface area contributed by atoms with Gasteiger partial charge in [0.2, 0.25) is 0 Å². The number of alkyl halides is 3. The fourth-order valence-corrected chi connectivity index (χ4v) is 4.17. The Hall–Kier alpha value is -3.31. The van der Waals surface area contributed by atoms with Crippen molar-refractivity contribution in [2.45, 2.75) is 24.9 Å². The molecule has 2 heterocycles. The van der Waals surface area contributed by atoms with Crippen LogP contribution in [0.4, 0.5) is 30.4 Å². The second-order valence-electron chi connectivity index (χ2n) is 7.17. The van der Waals surface area contributed by atoms with Gasteiger partial charge in [-0.05, 0) is 62.4 Å². The number of halogens is 4. The smallest absolute Gasteiger partial charge is 0.340 e. The number of aryl methyl sites for hydroxylation is 2. The predicted molar refractivity (Wildman–Crippen MR) is 122 cm³/mol. The second-order valence-corrected chi connectivity index (χ2v) is 8.85. The van der Waals surface area contributed by atoms with Gasteiger partial charge < -0.3 is 5.32 Å². The minimum Gasteiger partial charge on any atom is -0.340 e. The zero-order valence-corrected chi connectivity index (χ0v) is 19.0. The first-order valence-electron chi connectivity index (χ1n) is 9.42. The molecule has 0 aliphatic carbocycles. The number of nitrogens with one attached hydrogen (secondary N) is 2. The van der Waals surface area contributed by atoms with Crippen molar-refractivity contribution in [3.8, 4) is 0 Å². The van der Waals surface area contributed by atoms with Crippen LogP contribution in [0.2, 0.25) is 0 Å². The summed E-state index contributed by atoms with van der Waals surface area (Å²) in [6.07, 6.45) is -4.49. The van der Waals surface area contributed by atoms with Crippen molar-refractivity contribution in [1.82, 2.24) is 14.6 Å². The van der Waals surface area contributed by atoms with Gasteiger partial charge >= 0.3 is 6.18 Å². The zero-order chi connectivity index (χ0) is 23.1. The molecule has 2 aromatic heterocycles. The summed E-state index contributed by atoms with van der Waals surface area (Å²) in [6.45, 7) is 3.72. The van der Waals surface area contributed by atoms with Crippen LogP contribution in [0, 0.1) is 13.8 Å². The highest BCUT2D eigenvalue weighted by Gasteiger charge is 2.30. The van der Waals surface area contributed by atoms with Gasteiger partial charge in [-0.25, -0.2) is 13.4 Å². The molecule has 0 saturated carbocycles. The maximum Gasteiger partial charge on any atom is 0.416 e. The molecule has 174 valence electrons. The average molecular weight is 498 g/mol. The van der Waals surface area contributed by atoms with E-state index in [-0.39, 0.29) is 23.0 Å². The Morgan fingerprint density at radius 3 is 2.09 bits per heavy atom. The lowest BCUT2D eigenvalue weighted by Crippen LogP contribution is -2.13. The van der Waals surface area contributed by atoms with Crippen molar-refractivity contribution in [2.24, 2.45) is 0 Å². The number of benzene rings is 2. The molecule has 4 rings (SSSR count). The number of rotatable bonds is 5. The third kappa shape index (κ3) is 5.37. The lowest BCUT2D eigenvalue weighted by molar-refractivity contribution is -0.137. The summed E-state index contributed by atoms with van der Waals surface area (Å²) < 4.78 is 67.1. The number of aromatic nitrogens is 3. The number of fused-ring (bicyclic) bond motifs is 1. The van der Waals surface area contributed by atoms with Gasteiger partial charge in [0.1, 0.15) is 5.82 Å². The van der Waals surface area contributed by atoms with Crippen molar-refractivity contribution in [3.63, 3.8) is 0 Å². The van der Waals surface area contributed by atoms with Crippen LogP contribution in [0.15, 0.2) is 65.6 Å². The summed E-state index contributed by atoms with van der Waals surface area (Å²) >= 11 is 0. The van der Waals surface area contributed by atoms with Gasteiger partial charge in [0.15, 0.2) is 5.65 Å². The second kappa shape index (κ2) is 8.91. The molecule has 0 saturated heterocycles. The minimum atomic E-state index is -4.49. The number of sulfonamides is 1. The van der Waals surface area contributed by atoms with Crippen molar-refractivity contribution in [3.05, 3.63) is 77.6 Å². The summed E-state index contributed by atoms with van der Waals surface area (Å²) in [5.74, 6) is 0.666. The van der Waals surface area contributed by atoms with Gasteiger partial charge in [0, 0.05) is 29.2 Å². The van der Waals surface area contributed by atoms with Crippen LogP contribution in [0.1, 0.15) is 17.0 Å². The maximum atomic E-state index is 12.7. The van der Waals surface area contributed by atoms with Gasteiger partial charge in [0.25, 0.3) is 10.0 Å². The molecule has 4 aromatic rings. The Labute approximate surface area is 194 Å². The van der Waals surface area contributed by atoms with E-state index in [0.717, 1.165) is 35.7 Å². The molecule has 0 amide bonds. The Balaban J connectivity index is 0.00000306. The molecule has 0 fully saturated rings. The molecule has 0 atom stereocenters. The molecule has 2 aromatic carbocycles. The van der Waals surface area contributed by atoms with Crippen LogP contribution in [0.3, 0.4) is 0 Å². The van der Waals surface area contributed by atoms with E-state index in [4.69, 9.17) is 0 Å². The quantitative estimate of drug-likeness (QED) is 0.389. The van der Waals surface area contributed by atoms with Gasteiger partial charge in [-0.15, -0.1) is 12.4 Å². The van der Waals surface area contributed by atoms with Crippen LogP contribution in [0.25, 0.3) is 5.65 Å². The third-order valence-electron chi connectivity index (χ3n) is 4.58. The van der Waals surface area contributed by atoms with Crippen molar-refractivity contribution < 1.29 is 21.6 Å². The van der Waals surface area contributed by atoms with E-state index >= 15 is 0 Å². The zero-order valence-electron chi connectivity index (χ0n) is 17.4. The Morgan fingerprint density at radius 2 is 1.48 bits per heavy atom. The molecule has 0 spiro atoms. The standard InChI is InChI=1S/C21H18F3N5O2S.ClH/c1-13-11-20(29-19(25-13)12-14(2)27-29)26-16-7-9-18(10-8-16)32(30,31)28-17-5-3-15(4-6-17)21(22,23)24;/h3-12,26,28H,1-2H3;1H. The molecule has 12 heteroatoms. The predicted octanol–water partition coefficient (Wildman–Crippen LogP) is 5.33. The van der Waals surface area contributed by atoms with Crippen molar-refractivity contribution in [2.75, 3.05) is 10.0 Å². The molecule has 2 N–H and O–H groups in total. The fourth-order valence-electron chi connectivity index (χ4n) is 3.11. The van der Waals surface area contributed by atoms with Gasteiger partial charge in [-0.2, -0.15) is 22.8 Å². The van der Waals surface area contributed by atoms with Crippen LogP contribution >= 0.6 is 12.4 Å². The molecule has 0 aliphatic rings. The normalized spacial score (nSPS) is 11.8. The van der Waals surface area contributed by atoms with Gasteiger partial charge in [-0.3, -0.25) is 4.72 Å². The average Bonchev–Trinajstić information content (AvgIpc) is 3.08. The van der Waals surface area contributed by atoms with Gasteiger partial charge in [0.05, 0.1) is 16.2 Å². The molecule has 7 nitrogen and oxygen atoms in total. The molecule has 0 bridgehead atoms. The van der Waals surface area contributed by atoms with Crippen molar-refractivity contribution in [1.29, 1.82) is 0 Å². The first kappa shape index (κ1) is 24.3. The number of hydrogen-bond acceptors (Lipinski definition) is 5. The van der Waals surface area contributed by atoms with Crippen LogP contribution in [-0.2, 0) is 16.2 Å². The van der Waals surface area contributed by atoms with E-state index in [1.807, 2.05) is 26.0 Å². The third-order valence-corrected chi connectivity index (χ3v) is 5.98. The Morgan fingerprint density at radius 1 is 0.879 bits per heavy atom. The molecule has 0 aliphatic heterocycles. The minimum absolute atomic E-state index is 0. The van der Waals surface area contributed by atoms with E-state index in [0.29, 0.717) is 17.2 Å². The monoisotopic (exact) mass is 497 g/mol. The fraction of sp³-hybridized carbons (Fsp3) is 0.143. The largest absolute Gasteiger partial charge is 0.416 e. The van der Waals surface area contributed by atoms with Crippen LogP contribution in [0.5, 0.6) is 0 Å². The first-order valence-corrected chi connectivity index (χ1v) is 10.9. The summed E-state index contributed by atoms with van der Waals surface area (Å²) in [5, 5.41) is 7.58. The van der Waals surface area contributed by atoms with E-state index in [1.54, 1.807) is 16.6 Å². The van der Waals surface area contributed by atoms with E-state index in [1.165, 1.54) is 12.1 Å². The number of hydrogen-bond donors (Lipinski definition) is 2. The van der Waals surface area contributed by atoms with Crippen LogP contribution < -0.4 is 10.0 Å². The SMILES string of the molecule is Cc1cc(Nc2ccc(S(=O)(=O)Nc3ccc(C(F)(F)F)cc3)cc2)n2nc(C)cc2n1.Cl. The highest BCUT2D eigenvalue weighted by Crippen LogP contribution is 2.30. The number of anilines is 3. The number of nitrogens with zero attached hydrogens (tertiary/aromatic N) is 3. The summed E-state index contributed by atoms with van der Waals surface area (Å²) in [6, 6.07) is 13.4. The summed E-state index contributed by atoms with van der Waals surface area (Å²) in [4.78, 5) is 4.38. The summed E-state index contributed by atoms with van der Waals surface area (Å²) in [7, 11) is -3.98. The molecule has 0 unspecified atom stereocenters. The lowest BCUT2D eigenvalue weighted by Gasteiger charge is -2.12. The topological polar surface area (TPSA) is 88.4 Å². The molecule has 33 heavy (non-hydrogen) atoms. The highest BCUT2D eigenvalue weighted by molar-refractivity contribution is 7.92. The van der Waals surface area contributed by atoms with E-state index in [9.17, 15) is 21.6 Å². The molecular weight excluding hydrogens is 479 g/mol. The maximum absolute atomic E-state index is 12.7. The Bertz CT molecular complexity index is 1390. The highest BCUT2D eigenvalue weighted by atomic mass is 35.5. The summed E-state index contributed by atoms with van der Waals surface area (Å²) in [5.41, 5.74) is 2.08.